The van der Waals surface area contributed by atoms with Crippen LogP contribution in [0.25, 0.3) is 0 Å². The molecule has 0 aliphatic rings. The van der Waals surface area contributed by atoms with E-state index in [1.807, 2.05) is 0 Å². The van der Waals surface area contributed by atoms with E-state index in [1.165, 1.54) is 154 Å². The summed E-state index contributed by atoms with van der Waals surface area (Å²) in [5.41, 5.74) is 0. The summed E-state index contributed by atoms with van der Waals surface area (Å²) < 4.78 is 0. The Balaban J connectivity index is 3.75. The van der Waals surface area contributed by atoms with E-state index >= 15 is 0 Å². The first-order chi connectivity index (χ1) is 28.0. The average Bonchev–Trinajstić information content (AvgIpc) is 3.22. The number of carbonyl (C=O) groups is 1. The van der Waals surface area contributed by atoms with Crippen LogP contribution in [0.2, 0.25) is 0 Å². The number of allylic oxidation sites excluding steroid dienone is 8. The van der Waals surface area contributed by atoms with Gasteiger partial charge in [-0.3, -0.25) is 4.79 Å². The van der Waals surface area contributed by atoms with Crippen LogP contribution >= 0.6 is 0 Å². The van der Waals surface area contributed by atoms with Gasteiger partial charge in [0.05, 0.1) is 18.8 Å². The third-order valence-corrected chi connectivity index (χ3v) is 11.2. The molecule has 0 aliphatic heterocycles. The number of aliphatic hydroxyl groups is 4. The smallest absolute Gasteiger partial charge is 0.249 e. The quantitative estimate of drug-likeness (QED) is 0.0311. The highest BCUT2D eigenvalue weighted by atomic mass is 16.3. The summed E-state index contributed by atoms with van der Waals surface area (Å²) >= 11 is 0. The topological polar surface area (TPSA) is 110 Å². The van der Waals surface area contributed by atoms with Crippen LogP contribution in [0.4, 0.5) is 0 Å². The SMILES string of the molecule is CCCCCC/C=C/CC/C=C/CC/C=C/CCCC(O)C(O)C(CO)NC(=O)C(O)CCCCCCCCCC/C=C\CCCCCCCCCCCCCC. The molecule has 4 atom stereocenters. The molecule has 0 bridgehead atoms. The Labute approximate surface area is 353 Å². The standard InChI is InChI=1S/C51H95NO5/c1-3-5-7-9-11-13-15-17-19-21-22-23-24-25-26-27-29-31-33-35-37-39-41-43-45-49(55)51(57)52-47(46-53)50(56)48(54)44-42-40-38-36-34-32-30-28-20-18-16-14-12-10-8-6-4-2/h14,16,25-26,28,30,36,38,47-50,53-56H,3-13,15,17-24,27,29,31-35,37,39-46H2,1-2H3,(H,52,57)/b16-14+,26-25-,30-28+,38-36+. The molecule has 1 amide bonds. The lowest BCUT2D eigenvalue weighted by molar-refractivity contribution is -0.132. The van der Waals surface area contributed by atoms with Crippen molar-refractivity contribution < 1.29 is 25.2 Å². The Morgan fingerprint density at radius 1 is 0.421 bits per heavy atom. The van der Waals surface area contributed by atoms with Crippen LogP contribution in [0.5, 0.6) is 0 Å². The van der Waals surface area contributed by atoms with Gasteiger partial charge in [0.15, 0.2) is 0 Å². The number of aliphatic hydroxyl groups excluding tert-OH is 4. The Bertz CT molecular complexity index is 946. The Morgan fingerprint density at radius 2 is 0.737 bits per heavy atom. The Morgan fingerprint density at radius 3 is 1.12 bits per heavy atom. The first-order valence-electron chi connectivity index (χ1n) is 24.5. The van der Waals surface area contributed by atoms with Gasteiger partial charge in [-0.05, 0) is 89.9 Å². The van der Waals surface area contributed by atoms with Crippen molar-refractivity contribution >= 4 is 5.91 Å². The van der Waals surface area contributed by atoms with Crippen LogP contribution in [0, 0.1) is 0 Å². The largest absolute Gasteiger partial charge is 0.394 e. The summed E-state index contributed by atoms with van der Waals surface area (Å²) in [6.45, 7) is 4.02. The van der Waals surface area contributed by atoms with Crippen molar-refractivity contribution in [3.63, 3.8) is 0 Å². The minimum Gasteiger partial charge on any atom is -0.394 e. The molecule has 334 valence electrons. The molecular formula is C51H95NO5. The van der Waals surface area contributed by atoms with Crippen LogP contribution in [-0.2, 0) is 4.79 Å². The van der Waals surface area contributed by atoms with E-state index in [2.05, 4.69) is 67.8 Å². The van der Waals surface area contributed by atoms with E-state index in [1.54, 1.807) is 0 Å². The highest BCUT2D eigenvalue weighted by Crippen LogP contribution is 2.15. The zero-order chi connectivity index (χ0) is 41.7. The average molecular weight is 802 g/mol. The van der Waals surface area contributed by atoms with Crippen molar-refractivity contribution in [2.75, 3.05) is 6.61 Å². The van der Waals surface area contributed by atoms with Gasteiger partial charge in [0.2, 0.25) is 5.91 Å². The van der Waals surface area contributed by atoms with Crippen LogP contribution in [-0.4, -0.2) is 57.3 Å². The molecule has 0 heterocycles. The molecule has 6 nitrogen and oxygen atoms in total. The molecule has 57 heavy (non-hydrogen) atoms. The zero-order valence-corrected chi connectivity index (χ0v) is 37.6. The number of amides is 1. The van der Waals surface area contributed by atoms with Crippen LogP contribution in [0.3, 0.4) is 0 Å². The van der Waals surface area contributed by atoms with E-state index in [-0.39, 0.29) is 0 Å². The highest BCUT2D eigenvalue weighted by Gasteiger charge is 2.28. The highest BCUT2D eigenvalue weighted by molar-refractivity contribution is 5.80. The lowest BCUT2D eigenvalue weighted by atomic mass is 10.00. The third kappa shape index (κ3) is 39.5. The zero-order valence-electron chi connectivity index (χ0n) is 37.6. The minimum absolute atomic E-state index is 0.354. The molecule has 0 rings (SSSR count). The lowest BCUT2D eigenvalue weighted by Gasteiger charge is -2.27. The number of carbonyl (C=O) groups excluding carboxylic acids is 1. The normalized spacial score (nSPS) is 14.4. The Kier molecular flexibility index (Phi) is 44.0. The van der Waals surface area contributed by atoms with E-state index in [9.17, 15) is 25.2 Å². The maximum atomic E-state index is 12.5. The molecule has 0 fully saturated rings. The third-order valence-electron chi connectivity index (χ3n) is 11.2. The number of hydrogen-bond donors (Lipinski definition) is 5. The Hall–Kier alpha value is -1.73. The number of rotatable bonds is 44. The monoisotopic (exact) mass is 802 g/mol. The van der Waals surface area contributed by atoms with Crippen molar-refractivity contribution in [1.82, 2.24) is 5.32 Å². The lowest BCUT2D eigenvalue weighted by Crippen LogP contribution is -2.53. The fraction of sp³-hybridized carbons (Fsp3) is 0.824. The van der Waals surface area contributed by atoms with Gasteiger partial charge in [-0.2, -0.15) is 0 Å². The number of unbranched alkanes of at least 4 members (excludes halogenated alkanes) is 27. The van der Waals surface area contributed by atoms with Crippen LogP contribution in [0.15, 0.2) is 48.6 Å². The number of hydrogen-bond acceptors (Lipinski definition) is 5. The van der Waals surface area contributed by atoms with E-state index in [0.29, 0.717) is 19.3 Å². The molecule has 6 heteroatoms. The van der Waals surface area contributed by atoms with E-state index in [4.69, 9.17) is 0 Å². The molecular weight excluding hydrogens is 707 g/mol. The van der Waals surface area contributed by atoms with Crippen molar-refractivity contribution in [3.8, 4) is 0 Å². The predicted molar refractivity (Wildman–Crippen MR) is 247 cm³/mol. The first-order valence-corrected chi connectivity index (χ1v) is 24.5. The molecule has 0 aliphatic carbocycles. The molecule has 4 unspecified atom stereocenters. The van der Waals surface area contributed by atoms with Crippen molar-refractivity contribution in [1.29, 1.82) is 0 Å². The maximum Gasteiger partial charge on any atom is 0.249 e. The van der Waals surface area contributed by atoms with Crippen molar-refractivity contribution in [2.45, 2.75) is 263 Å². The second kappa shape index (κ2) is 45.4. The summed E-state index contributed by atoms with van der Waals surface area (Å²) in [5, 5.41) is 43.7. The van der Waals surface area contributed by atoms with Gasteiger partial charge in [-0.25, -0.2) is 0 Å². The predicted octanol–water partition coefficient (Wildman–Crippen LogP) is 13.5. The number of nitrogens with one attached hydrogen (secondary N) is 1. The molecule has 0 aromatic carbocycles. The van der Waals surface area contributed by atoms with Gasteiger partial charge in [0.25, 0.3) is 0 Å². The maximum absolute atomic E-state index is 12.5. The second-order valence-electron chi connectivity index (χ2n) is 16.8. The molecule has 0 radical (unpaired) electrons. The molecule has 0 aromatic rings. The summed E-state index contributed by atoms with van der Waals surface area (Å²) in [7, 11) is 0. The van der Waals surface area contributed by atoms with Crippen molar-refractivity contribution in [2.24, 2.45) is 0 Å². The molecule has 0 saturated heterocycles. The van der Waals surface area contributed by atoms with E-state index in [0.717, 1.165) is 51.4 Å². The minimum atomic E-state index is -1.30. The summed E-state index contributed by atoms with van der Waals surface area (Å²) in [5.74, 6) is -0.602. The van der Waals surface area contributed by atoms with Gasteiger partial charge in [-0.15, -0.1) is 0 Å². The van der Waals surface area contributed by atoms with Gasteiger partial charge in [0, 0.05) is 0 Å². The van der Waals surface area contributed by atoms with Crippen LogP contribution in [0.1, 0.15) is 239 Å². The van der Waals surface area contributed by atoms with Crippen LogP contribution < -0.4 is 5.32 Å². The molecule has 0 saturated carbocycles. The fourth-order valence-corrected chi connectivity index (χ4v) is 7.31. The van der Waals surface area contributed by atoms with Crippen molar-refractivity contribution in [3.05, 3.63) is 48.6 Å². The van der Waals surface area contributed by atoms with Gasteiger partial charge in [-0.1, -0.05) is 197 Å². The van der Waals surface area contributed by atoms with Gasteiger partial charge >= 0.3 is 0 Å². The van der Waals surface area contributed by atoms with Gasteiger partial charge in [0.1, 0.15) is 12.2 Å². The molecule has 0 spiro atoms. The summed E-state index contributed by atoms with van der Waals surface area (Å²) in [6.07, 6.45) is 55.8. The summed E-state index contributed by atoms with van der Waals surface area (Å²) in [4.78, 5) is 12.5. The first kappa shape index (κ1) is 55.3. The fourth-order valence-electron chi connectivity index (χ4n) is 7.31. The second-order valence-corrected chi connectivity index (χ2v) is 16.8. The summed E-state index contributed by atoms with van der Waals surface area (Å²) in [6, 6.07) is -1.01. The molecule has 0 aromatic heterocycles. The molecule has 5 N–H and O–H groups in total. The van der Waals surface area contributed by atoms with E-state index < -0.39 is 36.9 Å². The van der Waals surface area contributed by atoms with Gasteiger partial charge < -0.3 is 25.7 Å².